The van der Waals surface area contributed by atoms with Crippen molar-refractivity contribution in [2.45, 2.75) is 47.5 Å². The Kier molecular flexibility index (Phi) is 17.2. The largest absolute Gasteiger partial charge is 0.317 e. The lowest BCUT2D eigenvalue weighted by atomic mass is 9.90. The van der Waals surface area contributed by atoms with Crippen LogP contribution < -0.4 is 5.32 Å². The molecule has 0 aromatic carbocycles. The first-order valence-electron chi connectivity index (χ1n) is 8.92. The Morgan fingerprint density at radius 2 is 1.52 bits per heavy atom. The highest BCUT2D eigenvalue weighted by Crippen LogP contribution is 2.22. The van der Waals surface area contributed by atoms with Crippen LogP contribution in [0.1, 0.15) is 47.5 Å². The molecule has 1 aliphatic heterocycles. The molecular weight excluding hydrogens is 278 g/mol. The van der Waals surface area contributed by atoms with E-state index < -0.39 is 0 Å². The lowest BCUT2D eigenvalue weighted by Gasteiger charge is -2.23. The number of hydrogen-bond acceptors (Lipinski definition) is 1. The van der Waals surface area contributed by atoms with Gasteiger partial charge in [0.2, 0.25) is 0 Å². The van der Waals surface area contributed by atoms with E-state index in [1.54, 1.807) is 6.08 Å². The molecule has 1 rings (SSSR count). The molecule has 1 aliphatic rings. The molecule has 1 N–H and O–H groups in total. The molecule has 0 amide bonds. The third kappa shape index (κ3) is 9.91. The fourth-order valence-corrected chi connectivity index (χ4v) is 2.29. The number of hydrogen-bond donors (Lipinski definition) is 1. The Morgan fingerprint density at radius 1 is 0.957 bits per heavy atom. The van der Waals surface area contributed by atoms with Crippen LogP contribution in [0.5, 0.6) is 0 Å². The zero-order valence-corrected chi connectivity index (χ0v) is 16.0. The van der Waals surface area contributed by atoms with Gasteiger partial charge in [0.15, 0.2) is 0 Å². The molecule has 0 bridgehead atoms. The second-order valence-electron chi connectivity index (χ2n) is 4.74. The normalized spacial score (nSPS) is 15.9. The van der Waals surface area contributed by atoms with Crippen molar-refractivity contribution in [3.05, 3.63) is 72.9 Å². The van der Waals surface area contributed by atoms with E-state index in [4.69, 9.17) is 0 Å². The smallest absolute Gasteiger partial charge is 0.00431 e. The van der Waals surface area contributed by atoms with Crippen molar-refractivity contribution >= 4 is 0 Å². The summed E-state index contributed by atoms with van der Waals surface area (Å²) in [5, 5.41) is 3.38. The zero-order chi connectivity index (χ0) is 18.1. The molecule has 0 aliphatic carbocycles. The minimum absolute atomic E-state index is 0.617. The maximum atomic E-state index is 4.21. The van der Waals surface area contributed by atoms with Crippen LogP contribution in [-0.4, -0.2) is 13.1 Å². The lowest BCUT2D eigenvalue weighted by Crippen LogP contribution is -2.28. The quantitative estimate of drug-likeness (QED) is 0.559. The molecule has 0 aromatic rings. The van der Waals surface area contributed by atoms with E-state index in [1.807, 2.05) is 46.8 Å². The van der Waals surface area contributed by atoms with Crippen LogP contribution in [0.4, 0.5) is 0 Å². The Balaban J connectivity index is 0. The Hall–Kier alpha value is -1.60. The van der Waals surface area contributed by atoms with Gasteiger partial charge in [-0.3, -0.25) is 0 Å². The molecule has 1 saturated heterocycles. The molecule has 0 atom stereocenters. The number of piperidine rings is 1. The summed E-state index contributed by atoms with van der Waals surface area (Å²) in [4.78, 5) is 0. The minimum atomic E-state index is 0.617. The van der Waals surface area contributed by atoms with Crippen LogP contribution in [0, 0.1) is 5.92 Å². The van der Waals surface area contributed by atoms with Gasteiger partial charge in [-0.2, -0.15) is 0 Å². The minimum Gasteiger partial charge on any atom is -0.317 e. The number of rotatable bonds is 6. The molecule has 1 nitrogen and oxygen atoms in total. The van der Waals surface area contributed by atoms with Crippen LogP contribution in [0.3, 0.4) is 0 Å². The fraction of sp³-hybridized carbons (Fsp3) is 0.455. The van der Waals surface area contributed by atoms with Crippen molar-refractivity contribution in [2.75, 3.05) is 13.1 Å². The fourth-order valence-electron chi connectivity index (χ4n) is 2.29. The summed E-state index contributed by atoms with van der Waals surface area (Å²) in [7, 11) is 0. The molecule has 0 radical (unpaired) electrons. The van der Waals surface area contributed by atoms with Gasteiger partial charge in [-0.05, 0) is 49.9 Å². The summed E-state index contributed by atoms with van der Waals surface area (Å²) < 4.78 is 0. The predicted octanol–water partition coefficient (Wildman–Crippen LogP) is 6.40. The maximum Gasteiger partial charge on any atom is -0.00431 e. The van der Waals surface area contributed by atoms with Crippen molar-refractivity contribution in [3.8, 4) is 0 Å². The first-order valence-corrected chi connectivity index (χ1v) is 8.92. The lowest BCUT2D eigenvalue weighted by molar-refractivity contribution is 0.426. The molecule has 130 valence electrons. The Morgan fingerprint density at radius 3 is 1.96 bits per heavy atom. The monoisotopic (exact) mass is 315 g/mol. The van der Waals surface area contributed by atoms with E-state index in [2.05, 4.69) is 43.3 Å². The van der Waals surface area contributed by atoms with Gasteiger partial charge >= 0.3 is 0 Å². The first-order chi connectivity index (χ1) is 11.2. The number of nitrogens with one attached hydrogen (secondary N) is 1. The van der Waals surface area contributed by atoms with Gasteiger partial charge in [0.25, 0.3) is 0 Å². The van der Waals surface area contributed by atoms with Crippen LogP contribution in [-0.2, 0) is 0 Å². The van der Waals surface area contributed by atoms with Crippen molar-refractivity contribution in [1.29, 1.82) is 0 Å². The van der Waals surface area contributed by atoms with Gasteiger partial charge in [0.05, 0.1) is 0 Å². The van der Waals surface area contributed by atoms with Gasteiger partial charge < -0.3 is 5.32 Å². The van der Waals surface area contributed by atoms with E-state index >= 15 is 0 Å². The zero-order valence-electron chi connectivity index (χ0n) is 16.0. The topological polar surface area (TPSA) is 12.0 Å². The summed E-state index contributed by atoms with van der Waals surface area (Å²) in [5.41, 5.74) is 3.47. The summed E-state index contributed by atoms with van der Waals surface area (Å²) >= 11 is 0. The van der Waals surface area contributed by atoms with Crippen LogP contribution in [0.25, 0.3) is 0 Å². The van der Waals surface area contributed by atoms with Gasteiger partial charge in [-0.25, -0.2) is 0 Å². The molecule has 1 heterocycles. The molecule has 0 spiro atoms. The number of allylic oxidation sites excluding steroid dienone is 9. The summed E-state index contributed by atoms with van der Waals surface area (Å²) in [5.74, 6) is 0.617. The molecule has 0 aromatic heterocycles. The predicted molar refractivity (Wildman–Crippen MR) is 109 cm³/mol. The van der Waals surface area contributed by atoms with Crippen molar-refractivity contribution < 1.29 is 0 Å². The van der Waals surface area contributed by atoms with Crippen molar-refractivity contribution in [2.24, 2.45) is 5.92 Å². The maximum absolute atomic E-state index is 4.21. The Labute approximate surface area is 145 Å². The van der Waals surface area contributed by atoms with Crippen molar-refractivity contribution in [3.63, 3.8) is 0 Å². The highest BCUT2D eigenvalue weighted by Gasteiger charge is 2.14. The van der Waals surface area contributed by atoms with Crippen LogP contribution in [0.15, 0.2) is 72.9 Å². The third-order valence-electron chi connectivity index (χ3n) is 3.50. The molecular formula is C22H37N. The molecule has 1 fully saturated rings. The van der Waals surface area contributed by atoms with E-state index in [1.165, 1.54) is 18.4 Å². The van der Waals surface area contributed by atoms with E-state index in [9.17, 15) is 0 Å². The van der Waals surface area contributed by atoms with Crippen molar-refractivity contribution in [1.82, 2.24) is 5.32 Å². The van der Waals surface area contributed by atoms with Gasteiger partial charge in [-0.1, -0.05) is 89.5 Å². The summed E-state index contributed by atoms with van der Waals surface area (Å²) in [6.07, 6.45) is 14.3. The average Bonchev–Trinajstić information content (AvgIpc) is 2.65. The van der Waals surface area contributed by atoms with Crippen LogP contribution in [0.2, 0.25) is 0 Å². The first kappa shape index (κ1) is 23.7. The highest BCUT2D eigenvalue weighted by atomic mass is 14.9. The average molecular weight is 316 g/mol. The summed E-state index contributed by atoms with van der Waals surface area (Å²) in [6.45, 7) is 24.0. The second kappa shape index (κ2) is 16.8. The SMILES string of the molecule is C=C/C=C(C=C)/C(/C=C\C(=C)C1CCNCC1)=C/C.CC.CC. The van der Waals surface area contributed by atoms with Gasteiger partial charge in [-0.15, -0.1) is 0 Å². The molecule has 0 unspecified atom stereocenters. The Bertz CT molecular complexity index is 415. The molecule has 1 heteroatoms. The standard InChI is InChI=1S/C18H25N.2C2H6/c1-5-8-16(6-2)17(7-3)10-9-15(4)18-11-13-19-14-12-18;2*1-2/h5-10,18-19H,1-2,4,11-14H2,3H3;2*1-2H3/b10-9-,16-8+,17-7+;;. The van der Waals surface area contributed by atoms with E-state index in [0.717, 1.165) is 24.2 Å². The summed E-state index contributed by atoms with van der Waals surface area (Å²) in [6, 6.07) is 0. The van der Waals surface area contributed by atoms with E-state index in [0.29, 0.717) is 5.92 Å². The van der Waals surface area contributed by atoms with Crippen LogP contribution >= 0.6 is 0 Å². The molecule has 0 saturated carbocycles. The highest BCUT2D eigenvalue weighted by molar-refractivity contribution is 5.48. The second-order valence-corrected chi connectivity index (χ2v) is 4.74. The van der Waals surface area contributed by atoms with Gasteiger partial charge in [0.1, 0.15) is 0 Å². The van der Waals surface area contributed by atoms with E-state index in [-0.39, 0.29) is 0 Å². The van der Waals surface area contributed by atoms with Gasteiger partial charge in [0, 0.05) is 0 Å². The molecule has 23 heavy (non-hydrogen) atoms. The third-order valence-corrected chi connectivity index (χ3v) is 3.50.